The molecule has 0 aromatic heterocycles. The molecule has 2 aromatic carbocycles. The maximum Gasteiger partial charge on any atom is 0.218 e. The Balaban J connectivity index is 1.71. The molecule has 8 heteroatoms. The lowest BCUT2D eigenvalue weighted by Crippen LogP contribution is -2.40. The lowest BCUT2D eigenvalue weighted by atomic mass is 10.0. The Labute approximate surface area is 165 Å². The van der Waals surface area contributed by atoms with Gasteiger partial charge in [0.2, 0.25) is 10.0 Å². The van der Waals surface area contributed by atoms with Crippen LogP contribution in [0.15, 0.2) is 48.5 Å². The highest BCUT2D eigenvalue weighted by molar-refractivity contribution is 7.90. The Bertz CT molecular complexity index is 891. The van der Waals surface area contributed by atoms with Gasteiger partial charge in [0, 0.05) is 18.6 Å². The van der Waals surface area contributed by atoms with E-state index in [1.165, 1.54) is 0 Å². The highest BCUT2D eigenvalue weighted by Crippen LogP contribution is 2.34. The molecule has 1 heterocycles. The summed E-state index contributed by atoms with van der Waals surface area (Å²) in [7, 11) is -0.260. The predicted octanol–water partition coefficient (Wildman–Crippen LogP) is 2.80. The largest absolute Gasteiger partial charge is 0.496 e. The second kappa shape index (κ2) is 8.58. The van der Waals surface area contributed by atoms with Crippen LogP contribution in [-0.2, 0) is 21.3 Å². The Morgan fingerprint density at radius 1 is 1.26 bits per heavy atom. The average molecular weight is 411 g/mol. The molecule has 0 saturated carbocycles. The van der Waals surface area contributed by atoms with Gasteiger partial charge >= 0.3 is 0 Å². The molecule has 146 valence electrons. The van der Waals surface area contributed by atoms with E-state index in [1.807, 2.05) is 36.4 Å². The summed E-state index contributed by atoms with van der Waals surface area (Å²) in [5.74, 6) is 0.748. The molecule has 3 rings (SSSR count). The molecule has 1 aliphatic rings. The maximum absolute atomic E-state index is 12.9. The van der Waals surface area contributed by atoms with Crippen molar-refractivity contribution in [1.29, 1.82) is 0 Å². The minimum atomic E-state index is -3.59. The van der Waals surface area contributed by atoms with Crippen LogP contribution in [0.1, 0.15) is 17.2 Å². The molecule has 1 fully saturated rings. The topological polar surface area (TPSA) is 67.9 Å². The van der Waals surface area contributed by atoms with E-state index in [4.69, 9.17) is 21.2 Å². The molecule has 0 aliphatic carbocycles. The lowest BCUT2D eigenvalue weighted by molar-refractivity contribution is -0.110. The van der Waals surface area contributed by atoms with Crippen molar-refractivity contribution < 1.29 is 18.0 Å². The van der Waals surface area contributed by atoms with Crippen LogP contribution in [0.5, 0.6) is 5.75 Å². The highest BCUT2D eigenvalue weighted by atomic mass is 35.5. The van der Waals surface area contributed by atoms with Crippen molar-refractivity contribution in [3.05, 3.63) is 64.7 Å². The standard InChI is InChI=1S/C19H23ClN2O4S/c1-22-19(15-7-5-8-16(20)12-15)18(13-26-22)27(23,24)21-11-10-14-6-3-4-9-17(14)25-2/h3-9,12,18-19,21H,10-11,13H2,1-2H3/t18-,19+/m0/s1. The van der Waals surface area contributed by atoms with E-state index in [0.29, 0.717) is 11.4 Å². The molecule has 1 aliphatic heterocycles. The first-order chi connectivity index (χ1) is 12.9. The van der Waals surface area contributed by atoms with Gasteiger partial charge < -0.3 is 4.74 Å². The number of ether oxygens (including phenoxy) is 1. The molecular weight excluding hydrogens is 388 g/mol. The van der Waals surface area contributed by atoms with Gasteiger partial charge in [-0.25, -0.2) is 13.1 Å². The summed E-state index contributed by atoms with van der Waals surface area (Å²) in [5.41, 5.74) is 1.76. The van der Waals surface area contributed by atoms with Crippen molar-refractivity contribution in [2.24, 2.45) is 0 Å². The summed E-state index contributed by atoms with van der Waals surface area (Å²) in [6, 6.07) is 14.3. The van der Waals surface area contributed by atoms with Crippen LogP contribution in [0, 0.1) is 0 Å². The number of nitrogens with zero attached hydrogens (tertiary/aromatic N) is 1. The first-order valence-corrected chi connectivity index (χ1v) is 10.6. The number of sulfonamides is 1. The highest BCUT2D eigenvalue weighted by Gasteiger charge is 2.43. The van der Waals surface area contributed by atoms with Crippen LogP contribution in [-0.4, -0.2) is 46.0 Å². The van der Waals surface area contributed by atoms with E-state index in [9.17, 15) is 8.42 Å². The molecule has 0 bridgehead atoms. The molecular formula is C19H23ClN2O4S. The van der Waals surface area contributed by atoms with Crippen LogP contribution in [0.4, 0.5) is 0 Å². The van der Waals surface area contributed by atoms with E-state index in [1.54, 1.807) is 31.4 Å². The van der Waals surface area contributed by atoms with Crippen molar-refractivity contribution in [2.75, 3.05) is 27.3 Å². The average Bonchev–Trinajstić information content (AvgIpc) is 3.04. The van der Waals surface area contributed by atoms with Gasteiger partial charge in [-0.05, 0) is 35.7 Å². The molecule has 0 radical (unpaired) electrons. The fourth-order valence-electron chi connectivity index (χ4n) is 3.32. The van der Waals surface area contributed by atoms with Crippen molar-refractivity contribution in [2.45, 2.75) is 17.7 Å². The molecule has 6 nitrogen and oxygen atoms in total. The number of para-hydroxylation sites is 1. The van der Waals surface area contributed by atoms with Gasteiger partial charge in [-0.1, -0.05) is 41.9 Å². The Morgan fingerprint density at radius 2 is 2.04 bits per heavy atom. The monoisotopic (exact) mass is 410 g/mol. The van der Waals surface area contributed by atoms with Crippen molar-refractivity contribution in [3.8, 4) is 5.75 Å². The van der Waals surface area contributed by atoms with E-state index in [2.05, 4.69) is 4.72 Å². The van der Waals surface area contributed by atoms with Crippen LogP contribution in [0.25, 0.3) is 0 Å². The minimum absolute atomic E-state index is 0.0949. The van der Waals surface area contributed by atoms with E-state index < -0.39 is 21.3 Å². The van der Waals surface area contributed by atoms with Gasteiger partial charge in [-0.15, -0.1) is 0 Å². The third-order valence-electron chi connectivity index (χ3n) is 4.67. The maximum atomic E-state index is 12.9. The molecule has 0 spiro atoms. The number of rotatable bonds is 7. The third kappa shape index (κ3) is 4.62. The van der Waals surface area contributed by atoms with E-state index >= 15 is 0 Å². The Hall–Kier alpha value is -1.64. The fraction of sp³-hybridized carbons (Fsp3) is 0.368. The molecule has 2 aromatic rings. The number of halogens is 1. The lowest BCUT2D eigenvalue weighted by Gasteiger charge is -2.23. The molecule has 0 amide bonds. The smallest absolute Gasteiger partial charge is 0.218 e. The third-order valence-corrected chi connectivity index (χ3v) is 6.70. The van der Waals surface area contributed by atoms with Crippen molar-refractivity contribution in [1.82, 2.24) is 9.79 Å². The van der Waals surface area contributed by atoms with Crippen LogP contribution in [0.2, 0.25) is 5.02 Å². The fourth-order valence-corrected chi connectivity index (χ4v) is 5.02. The SMILES string of the molecule is COc1ccccc1CCNS(=O)(=O)[C@H]1CON(C)[C@@H]1c1cccc(Cl)c1. The Morgan fingerprint density at radius 3 is 2.78 bits per heavy atom. The number of methoxy groups -OCH3 is 1. The number of hydroxylamine groups is 2. The van der Waals surface area contributed by atoms with Crippen molar-refractivity contribution in [3.63, 3.8) is 0 Å². The molecule has 1 N–H and O–H groups in total. The van der Waals surface area contributed by atoms with E-state index in [0.717, 1.165) is 16.9 Å². The van der Waals surface area contributed by atoms with E-state index in [-0.39, 0.29) is 13.2 Å². The number of hydrogen-bond donors (Lipinski definition) is 1. The summed E-state index contributed by atoms with van der Waals surface area (Å²) in [6.45, 7) is 0.378. The van der Waals surface area contributed by atoms with Gasteiger partial charge in [0.1, 0.15) is 11.0 Å². The Kier molecular flexibility index (Phi) is 6.39. The zero-order chi connectivity index (χ0) is 19.4. The summed E-state index contributed by atoms with van der Waals surface area (Å²) < 4.78 is 33.8. The predicted molar refractivity (Wildman–Crippen MR) is 105 cm³/mol. The number of nitrogens with one attached hydrogen (secondary N) is 1. The summed E-state index contributed by atoms with van der Waals surface area (Å²) in [4.78, 5) is 5.51. The van der Waals surface area contributed by atoms with Gasteiger partial charge in [0.15, 0.2) is 0 Å². The van der Waals surface area contributed by atoms with Crippen LogP contribution < -0.4 is 9.46 Å². The normalized spacial score (nSPS) is 20.7. The second-order valence-corrected chi connectivity index (χ2v) is 8.80. The van der Waals surface area contributed by atoms with Crippen LogP contribution >= 0.6 is 11.6 Å². The quantitative estimate of drug-likeness (QED) is 0.760. The minimum Gasteiger partial charge on any atom is -0.496 e. The molecule has 2 atom stereocenters. The van der Waals surface area contributed by atoms with Gasteiger partial charge in [0.05, 0.1) is 19.8 Å². The van der Waals surface area contributed by atoms with Gasteiger partial charge in [-0.2, -0.15) is 5.06 Å². The molecule has 27 heavy (non-hydrogen) atoms. The summed E-state index contributed by atoms with van der Waals surface area (Å²) >= 11 is 6.08. The molecule has 1 saturated heterocycles. The first-order valence-electron chi connectivity index (χ1n) is 8.64. The summed E-state index contributed by atoms with van der Waals surface area (Å²) in [5, 5.41) is 1.42. The van der Waals surface area contributed by atoms with Gasteiger partial charge in [-0.3, -0.25) is 4.84 Å². The second-order valence-electron chi connectivity index (χ2n) is 6.38. The first kappa shape index (κ1) is 20.1. The van der Waals surface area contributed by atoms with Crippen LogP contribution in [0.3, 0.4) is 0 Å². The number of benzene rings is 2. The molecule has 0 unspecified atom stereocenters. The number of hydrogen-bond acceptors (Lipinski definition) is 5. The summed E-state index contributed by atoms with van der Waals surface area (Å²) in [6.07, 6.45) is 0.536. The van der Waals surface area contributed by atoms with Crippen molar-refractivity contribution >= 4 is 21.6 Å². The zero-order valence-electron chi connectivity index (χ0n) is 15.3. The van der Waals surface area contributed by atoms with Gasteiger partial charge in [0.25, 0.3) is 0 Å². The zero-order valence-corrected chi connectivity index (χ0v) is 16.8.